The van der Waals surface area contributed by atoms with Gasteiger partial charge in [0.2, 0.25) is 15.3 Å². The Labute approximate surface area is 116 Å². The van der Waals surface area contributed by atoms with Crippen LogP contribution in [-0.4, -0.2) is 37.5 Å². The highest BCUT2D eigenvalue weighted by atomic mass is 35.5. The van der Waals surface area contributed by atoms with Crippen molar-refractivity contribution in [2.24, 2.45) is 5.92 Å². The van der Waals surface area contributed by atoms with Crippen LogP contribution in [0, 0.1) is 5.92 Å². The molecule has 0 fully saturated rings. The maximum Gasteiger partial charge on any atom is 0.324 e. The van der Waals surface area contributed by atoms with Crippen LogP contribution >= 0.6 is 11.6 Å². The minimum Gasteiger partial charge on any atom is -0.468 e. The molecule has 0 saturated heterocycles. The van der Waals surface area contributed by atoms with E-state index in [1.807, 2.05) is 0 Å². The molecule has 9 heteroatoms. The largest absolute Gasteiger partial charge is 0.468 e. The molecule has 0 aliphatic heterocycles. The zero-order valence-electron chi connectivity index (χ0n) is 10.6. The minimum atomic E-state index is -3.91. The van der Waals surface area contributed by atoms with Crippen molar-refractivity contribution < 1.29 is 17.9 Å². The summed E-state index contributed by atoms with van der Waals surface area (Å²) in [7, 11) is -2.72. The zero-order valence-corrected chi connectivity index (χ0v) is 12.2. The smallest absolute Gasteiger partial charge is 0.324 e. The molecule has 0 unspecified atom stereocenters. The number of nitrogens with zero attached hydrogens (tertiary/aromatic N) is 2. The Bertz CT molecular complexity index is 544. The molecule has 1 rings (SSSR count). The van der Waals surface area contributed by atoms with Crippen molar-refractivity contribution in [3.8, 4) is 0 Å². The van der Waals surface area contributed by atoms with Gasteiger partial charge in [0.05, 0.1) is 19.5 Å². The van der Waals surface area contributed by atoms with Gasteiger partial charge in [0, 0.05) is 0 Å². The Morgan fingerprint density at radius 2 is 1.89 bits per heavy atom. The molecule has 0 aliphatic rings. The van der Waals surface area contributed by atoms with Gasteiger partial charge >= 0.3 is 5.97 Å². The third-order valence-electron chi connectivity index (χ3n) is 2.31. The maximum absolute atomic E-state index is 12.0. The molecule has 1 N–H and O–H groups in total. The molecular formula is C10H14ClN3O4S. The van der Waals surface area contributed by atoms with Crippen LogP contribution < -0.4 is 4.72 Å². The van der Waals surface area contributed by atoms with Crippen molar-refractivity contribution in [3.05, 3.63) is 17.7 Å². The molecule has 19 heavy (non-hydrogen) atoms. The zero-order chi connectivity index (χ0) is 14.6. The van der Waals surface area contributed by atoms with Crippen LogP contribution in [-0.2, 0) is 19.6 Å². The van der Waals surface area contributed by atoms with Crippen LogP contribution in [0.1, 0.15) is 13.8 Å². The third kappa shape index (κ3) is 4.12. The van der Waals surface area contributed by atoms with Crippen LogP contribution in [0.25, 0.3) is 0 Å². The Balaban J connectivity index is 3.00. The summed E-state index contributed by atoms with van der Waals surface area (Å²) in [5.74, 6) is -0.927. The van der Waals surface area contributed by atoms with Gasteiger partial charge in [-0.25, -0.2) is 18.4 Å². The van der Waals surface area contributed by atoms with E-state index in [0.717, 1.165) is 12.4 Å². The van der Waals surface area contributed by atoms with E-state index in [1.54, 1.807) is 13.8 Å². The van der Waals surface area contributed by atoms with Crippen LogP contribution in [0.4, 0.5) is 0 Å². The molecule has 0 aromatic carbocycles. The van der Waals surface area contributed by atoms with E-state index in [-0.39, 0.29) is 16.1 Å². The number of aromatic nitrogens is 2. The normalized spacial score (nSPS) is 13.3. The molecule has 0 radical (unpaired) electrons. The molecule has 1 heterocycles. The molecular weight excluding hydrogens is 294 g/mol. The number of esters is 1. The highest BCUT2D eigenvalue weighted by Crippen LogP contribution is 2.12. The Kier molecular flexibility index (Phi) is 5.21. The van der Waals surface area contributed by atoms with Crippen molar-refractivity contribution >= 4 is 27.6 Å². The summed E-state index contributed by atoms with van der Waals surface area (Å²) in [5, 5.41) is -0.0627. The van der Waals surface area contributed by atoms with Crippen molar-refractivity contribution in [3.63, 3.8) is 0 Å². The van der Waals surface area contributed by atoms with Crippen molar-refractivity contribution in [2.45, 2.75) is 24.8 Å². The second-order valence-electron chi connectivity index (χ2n) is 4.05. The van der Waals surface area contributed by atoms with Crippen molar-refractivity contribution in [1.29, 1.82) is 0 Å². The fraction of sp³-hybridized carbons (Fsp3) is 0.500. The molecule has 7 nitrogen and oxygen atoms in total. The lowest BCUT2D eigenvalue weighted by Gasteiger charge is -2.19. The number of hydrogen-bond acceptors (Lipinski definition) is 6. The standard InChI is InChI=1S/C10H14ClN3O4S/c1-6(2)8(9(15)18-3)14-19(16,17)7-4-12-10(11)13-5-7/h4-6,8,14H,1-3H3/t8-/m1/s1. The number of carbonyl (C=O) groups is 1. The first-order valence-corrected chi connectivity index (χ1v) is 7.21. The molecule has 1 aromatic heterocycles. The first-order chi connectivity index (χ1) is 8.77. The van der Waals surface area contributed by atoms with Gasteiger partial charge in [-0.15, -0.1) is 0 Å². The third-order valence-corrected chi connectivity index (χ3v) is 3.90. The number of sulfonamides is 1. The number of methoxy groups -OCH3 is 1. The summed E-state index contributed by atoms with van der Waals surface area (Å²) in [6.07, 6.45) is 2.12. The summed E-state index contributed by atoms with van der Waals surface area (Å²) in [6, 6.07) is -0.981. The average Bonchev–Trinajstić information content (AvgIpc) is 2.35. The fourth-order valence-electron chi connectivity index (χ4n) is 1.26. The lowest BCUT2D eigenvalue weighted by Crippen LogP contribution is -2.44. The van der Waals surface area contributed by atoms with Crippen LogP contribution in [0.15, 0.2) is 17.3 Å². The first kappa shape index (κ1) is 15.8. The van der Waals surface area contributed by atoms with Gasteiger partial charge < -0.3 is 4.74 Å². The highest BCUT2D eigenvalue weighted by molar-refractivity contribution is 7.89. The lowest BCUT2D eigenvalue weighted by molar-refractivity contribution is -0.143. The SMILES string of the molecule is COC(=O)[C@H](NS(=O)(=O)c1cnc(Cl)nc1)C(C)C. The molecule has 106 valence electrons. The molecule has 0 saturated carbocycles. The van der Waals surface area contributed by atoms with Gasteiger partial charge in [-0.05, 0) is 17.5 Å². The Morgan fingerprint density at radius 1 is 1.37 bits per heavy atom. The number of hydrogen-bond donors (Lipinski definition) is 1. The van der Waals surface area contributed by atoms with E-state index in [1.165, 1.54) is 7.11 Å². The van der Waals surface area contributed by atoms with Gasteiger partial charge in [-0.1, -0.05) is 13.8 Å². The maximum atomic E-state index is 12.0. The average molecular weight is 308 g/mol. The predicted octanol–water partition coefficient (Wildman–Crippen LogP) is 0.606. The Hall–Kier alpha value is -1.25. The number of carbonyl (C=O) groups excluding carboxylic acids is 1. The van der Waals surface area contributed by atoms with Crippen LogP contribution in [0.3, 0.4) is 0 Å². The second-order valence-corrected chi connectivity index (χ2v) is 6.11. The van der Waals surface area contributed by atoms with E-state index in [0.29, 0.717) is 0 Å². The molecule has 0 spiro atoms. The summed E-state index contributed by atoms with van der Waals surface area (Å²) >= 11 is 5.48. The quantitative estimate of drug-likeness (QED) is 0.632. The van der Waals surface area contributed by atoms with E-state index >= 15 is 0 Å². The molecule has 0 aliphatic carbocycles. The van der Waals surface area contributed by atoms with Crippen molar-refractivity contribution in [2.75, 3.05) is 7.11 Å². The summed E-state index contributed by atoms with van der Waals surface area (Å²) in [5.41, 5.74) is 0. The Morgan fingerprint density at radius 3 is 2.32 bits per heavy atom. The topological polar surface area (TPSA) is 98.2 Å². The summed E-state index contributed by atoms with van der Waals surface area (Å²) in [6.45, 7) is 3.39. The van der Waals surface area contributed by atoms with Gasteiger partial charge in [0.15, 0.2) is 0 Å². The van der Waals surface area contributed by atoms with Gasteiger partial charge in [0.1, 0.15) is 10.9 Å². The number of halogens is 1. The molecule has 1 atom stereocenters. The number of nitrogens with one attached hydrogen (secondary N) is 1. The number of rotatable bonds is 5. The van der Waals surface area contributed by atoms with E-state index in [4.69, 9.17) is 11.6 Å². The second kappa shape index (κ2) is 6.27. The van der Waals surface area contributed by atoms with E-state index < -0.39 is 22.0 Å². The fourth-order valence-corrected chi connectivity index (χ4v) is 2.58. The monoisotopic (exact) mass is 307 g/mol. The van der Waals surface area contributed by atoms with E-state index in [9.17, 15) is 13.2 Å². The van der Waals surface area contributed by atoms with Crippen LogP contribution in [0.5, 0.6) is 0 Å². The molecule has 0 bridgehead atoms. The summed E-state index contributed by atoms with van der Waals surface area (Å²) in [4.78, 5) is 18.5. The first-order valence-electron chi connectivity index (χ1n) is 5.35. The van der Waals surface area contributed by atoms with Gasteiger partial charge in [-0.2, -0.15) is 4.72 Å². The van der Waals surface area contributed by atoms with Crippen LogP contribution in [0.2, 0.25) is 5.28 Å². The lowest BCUT2D eigenvalue weighted by atomic mass is 10.1. The summed E-state index contributed by atoms with van der Waals surface area (Å²) < 4.78 is 30.9. The van der Waals surface area contributed by atoms with Crippen molar-refractivity contribution in [1.82, 2.24) is 14.7 Å². The minimum absolute atomic E-state index is 0.0627. The molecule has 1 aromatic rings. The predicted molar refractivity (Wildman–Crippen MR) is 68.0 cm³/mol. The van der Waals surface area contributed by atoms with E-state index in [2.05, 4.69) is 19.4 Å². The van der Waals surface area contributed by atoms with Gasteiger partial charge in [0.25, 0.3) is 0 Å². The van der Waals surface area contributed by atoms with Gasteiger partial charge in [-0.3, -0.25) is 4.79 Å². The highest BCUT2D eigenvalue weighted by Gasteiger charge is 2.29. The number of ether oxygens (including phenoxy) is 1. The molecule has 0 amide bonds.